The second-order valence-electron chi connectivity index (χ2n) is 2.96. The average molecular weight is 209 g/mol. The van der Waals surface area contributed by atoms with Crippen LogP contribution in [0.25, 0.3) is 11.4 Å². The van der Waals surface area contributed by atoms with Crippen molar-refractivity contribution in [2.45, 2.75) is 5.88 Å². The number of nitrogens with zero attached hydrogens (tertiary/aromatic N) is 4. The number of aryl methyl sites for hydroxylation is 1. The maximum absolute atomic E-state index is 5.69. The van der Waals surface area contributed by atoms with Gasteiger partial charge < -0.3 is 0 Å². The summed E-state index contributed by atoms with van der Waals surface area (Å²) in [5.74, 6) is 1.28. The summed E-state index contributed by atoms with van der Waals surface area (Å²) in [5.41, 5.74) is 2.08. The van der Waals surface area contributed by atoms with Crippen LogP contribution in [0.3, 0.4) is 0 Å². The molecular formula is C9H9ClN4. The molecule has 0 aliphatic heterocycles. The summed E-state index contributed by atoms with van der Waals surface area (Å²) in [4.78, 5) is 0. The third-order valence-corrected chi connectivity index (χ3v) is 2.30. The Hall–Kier alpha value is -1.42. The monoisotopic (exact) mass is 208 g/mol. The second kappa shape index (κ2) is 3.75. The van der Waals surface area contributed by atoms with Gasteiger partial charge in [0, 0.05) is 18.5 Å². The molecule has 14 heavy (non-hydrogen) atoms. The molecule has 0 fully saturated rings. The van der Waals surface area contributed by atoms with E-state index >= 15 is 0 Å². The van der Waals surface area contributed by atoms with Gasteiger partial charge in [-0.15, -0.1) is 16.7 Å². The zero-order chi connectivity index (χ0) is 9.97. The fourth-order valence-corrected chi connectivity index (χ4v) is 1.40. The lowest BCUT2D eigenvalue weighted by Gasteiger charge is -1.99. The molecule has 0 radical (unpaired) electrons. The number of hydrogen-bond donors (Lipinski definition) is 0. The van der Waals surface area contributed by atoms with Gasteiger partial charge in [-0.25, -0.2) is 4.68 Å². The van der Waals surface area contributed by atoms with Crippen molar-refractivity contribution in [2.75, 3.05) is 0 Å². The van der Waals surface area contributed by atoms with Gasteiger partial charge in [-0.2, -0.15) is 0 Å². The van der Waals surface area contributed by atoms with Gasteiger partial charge in [0.2, 0.25) is 0 Å². The predicted molar refractivity (Wildman–Crippen MR) is 53.8 cm³/mol. The quantitative estimate of drug-likeness (QED) is 0.705. The minimum atomic E-state index is 0.525. The zero-order valence-electron chi connectivity index (χ0n) is 7.68. The molecule has 1 aromatic carbocycles. The maximum atomic E-state index is 5.69. The number of tetrazole rings is 1. The van der Waals surface area contributed by atoms with Crippen LogP contribution in [0.15, 0.2) is 24.3 Å². The standard InChI is InChI=1S/C9H9ClN4/c1-14-9(11-12-13-14)8-4-2-7(6-10)3-5-8/h2-5H,6H2,1H3. The second-order valence-corrected chi connectivity index (χ2v) is 3.22. The number of halogens is 1. The van der Waals surface area contributed by atoms with Crippen LogP contribution >= 0.6 is 11.6 Å². The molecule has 0 atom stereocenters. The number of hydrogen-bond acceptors (Lipinski definition) is 3. The largest absolute Gasteiger partial charge is 0.229 e. The van der Waals surface area contributed by atoms with E-state index in [-0.39, 0.29) is 0 Å². The van der Waals surface area contributed by atoms with Crippen molar-refractivity contribution in [3.8, 4) is 11.4 Å². The molecule has 0 amide bonds. The van der Waals surface area contributed by atoms with E-state index < -0.39 is 0 Å². The van der Waals surface area contributed by atoms with Gasteiger partial charge >= 0.3 is 0 Å². The molecule has 1 aromatic heterocycles. The summed E-state index contributed by atoms with van der Waals surface area (Å²) in [7, 11) is 1.81. The molecule has 72 valence electrons. The van der Waals surface area contributed by atoms with Gasteiger partial charge in [-0.3, -0.25) is 0 Å². The summed E-state index contributed by atoms with van der Waals surface area (Å²) in [6, 6.07) is 7.86. The van der Waals surface area contributed by atoms with Crippen molar-refractivity contribution in [1.29, 1.82) is 0 Å². The van der Waals surface area contributed by atoms with Crippen LogP contribution in [0, 0.1) is 0 Å². The summed E-state index contributed by atoms with van der Waals surface area (Å²) in [5, 5.41) is 11.3. The van der Waals surface area contributed by atoms with Crippen LogP contribution < -0.4 is 0 Å². The highest BCUT2D eigenvalue weighted by molar-refractivity contribution is 6.17. The van der Waals surface area contributed by atoms with E-state index in [1.165, 1.54) is 0 Å². The van der Waals surface area contributed by atoms with Crippen LogP contribution in [0.2, 0.25) is 0 Å². The molecule has 0 aliphatic carbocycles. The normalized spacial score (nSPS) is 10.4. The van der Waals surface area contributed by atoms with Gasteiger partial charge in [0.25, 0.3) is 0 Å². The van der Waals surface area contributed by atoms with Crippen LogP contribution in [0.5, 0.6) is 0 Å². The summed E-state index contributed by atoms with van der Waals surface area (Å²) >= 11 is 5.69. The third kappa shape index (κ3) is 1.61. The summed E-state index contributed by atoms with van der Waals surface area (Å²) < 4.78 is 1.63. The van der Waals surface area contributed by atoms with Crippen molar-refractivity contribution >= 4 is 11.6 Å². The SMILES string of the molecule is Cn1nnnc1-c1ccc(CCl)cc1. The lowest BCUT2D eigenvalue weighted by Crippen LogP contribution is -1.94. The minimum absolute atomic E-state index is 0.525. The summed E-state index contributed by atoms with van der Waals surface area (Å²) in [6.07, 6.45) is 0. The van der Waals surface area contributed by atoms with E-state index in [1.807, 2.05) is 31.3 Å². The van der Waals surface area contributed by atoms with E-state index in [9.17, 15) is 0 Å². The lowest BCUT2D eigenvalue weighted by molar-refractivity contribution is 0.714. The third-order valence-electron chi connectivity index (χ3n) is 1.99. The Bertz CT molecular complexity index is 421. The first-order valence-corrected chi connectivity index (χ1v) is 4.72. The Morgan fingerprint density at radius 3 is 2.50 bits per heavy atom. The smallest absolute Gasteiger partial charge is 0.181 e. The van der Waals surface area contributed by atoms with Crippen molar-refractivity contribution in [3.05, 3.63) is 29.8 Å². The van der Waals surface area contributed by atoms with Crippen LogP contribution in [-0.4, -0.2) is 20.2 Å². The van der Waals surface area contributed by atoms with Crippen molar-refractivity contribution in [1.82, 2.24) is 20.2 Å². The number of alkyl halides is 1. The number of benzene rings is 1. The highest BCUT2D eigenvalue weighted by Gasteiger charge is 2.04. The van der Waals surface area contributed by atoms with Crippen molar-refractivity contribution < 1.29 is 0 Å². The van der Waals surface area contributed by atoms with Crippen LogP contribution in [0.4, 0.5) is 0 Å². The molecule has 0 aliphatic rings. The average Bonchev–Trinajstić information content (AvgIpc) is 2.65. The Kier molecular flexibility index (Phi) is 2.45. The van der Waals surface area contributed by atoms with Gasteiger partial charge in [0.05, 0.1) is 0 Å². The van der Waals surface area contributed by atoms with E-state index in [0.717, 1.165) is 17.0 Å². The van der Waals surface area contributed by atoms with Gasteiger partial charge in [0.15, 0.2) is 5.82 Å². The fourth-order valence-electron chi connectivity index (χ4n) is 1.22. The molecule has 5 heteroatoms. The van der Waals surface area contributed by atoms with Crippen LogP contribution in [-0.2, 0) is 12.9 Å². The van der Waals surface area contributed by atoms with E-state index in [1.54, 1.807) is 4.68 Å². The molecule has 0 spiro atoms. The first-order valence-electron chi connectivity index (χ1n) is 4.19. The molecule has 0 saturated carbocycles. The van der Waals surface area contributed by atoms with Gasteiger partial charge in [-0.1, -0.05) is 24.3 Å². The van der Waals surface area contributed by atoms with Crippen molar-refractivity contribution in [3.63, 3.8) is 0 Å². The van der Waals surface area contributed by atoms with Gasteiger partial charge in [0.1, 0.15) is 0 Å². The highest BCUT2D eigenvalue weighted by Crippen LogP contribution is 2.16. The molecule has 0 saturated heterocycles. The molecule has 0 N–H and O–H groups in total. The van der Waals surface area contributed by atoms with E-state index in [0.29, 0.717) is 5.88 Å². The van der Waals surface area contributed by atoms with Gasteiger partial charge in [-0.05, 0) is 16.0 Å². The topological polar surface area (TPSA) is 43.6 Å². The Balaban J connectivity index is 2.39. The predicted octanol–water partition coefficient (Wildman–Crippen LogP) is 1.62. The molecule has 4 nitrogen and oxygen atoms in total. The van der Waals surface area contributed by atoms with Crippen molar-refractivity contribution in [2.24, 2.45) is 7.05 Å². The number of aromatic nitrogens is 4. The molecule has 2 aromatic rings. The fraction of sp³-hybridized carbons (Fsp3) is 0.222. The molecule has 0 unspecified atom stereocenters. The molecule has 1 heterocycles. The van der Waals surface area contributed by atoms with E-state index in [2.05, 4.69) is 15.5 Å². The summed E-state index contributed by atoms with van der Waals surface area (Å²) in [6.45, 7) is 0. The molecular weight excluding hydrogens is 200 g/mol. The Morgan fingerprint density at radius 1 is 1.29 bits per heavy atom. The number of rotatable bonds is 2. The van der Waals surface area contributed by atoms with Crippen LogP contribution in [0.1, 0.15) is 5.56 Å². The Morgan fingerprint density at radius 2 is 2.00 bits per heavy atom. The Labute approximate surface area is 86.5 Å². The van der Waals surface area contributed by atoms with E-state index in [4.69, 9.17) is 11.6 Å². The molecule has 0 bridgehead atoms. The lowest BCUT2D eigenvalue weighted by atomic mass is 10.1. The zero-order valence-corrected chi connectivity index (χ0v) is 8.44. The first kappa shape index (κ1) is 9.15. The maximum Gasteiger partial charge on any atom is 0.181 e. The first-order chi connectivity index (χ1) is 6.81. The molecule has 2 rings (SSSR count). The minimum Gasteiger partial charge on any atom is -0.229 e. The highest BCUT2D eigenvalue weighted by atomic mass is 35.5.